The molecule has 9 aromatic carbocycles. The lowest BCUT2D eigenvalue weighted by molar-refractivity contribution is 0.670. The molecule has 0 bridgehead atoms. The molecule has 0 atom stereocenters. The zero-order chi connectivity index (χ0) is 39.0. The van der Waals surface area contributed by atoms with E-state index in [-0.39, 0.29) is 0 Å². The van der Waals surface area contributed by atoms with E-state index in [1.165, 1.54) is 27.4 Å². The van der Waals surface area contributed by atoms with Crippen LogP contribution in [0.1, 0.15) is 5.56 Å². The fraction of sp³-hybridized carbons (Fsp3) is 0. The monoisotopic (exact) mass is 751 g/mol. The Morgan fingerprint density at radius 3 is 1.63 bits per heavy atom. The topological polar surface area (TPSA) is 46.8 Å². The summed E-state index contributed by atoms with van der Waals surface area (Å²) in [5, 5.41) is 16.8. The van der Waals surface area contributed by atoms with Crippen molar-refractivity contribution in [3.8, 4) is 50.8 Å². The van der Waals surface area contributed by atoms with E-state index in [2.05, 4.69) is 185 Å². The summed E-state index contributed by atoms with van der Waals surface area (Å²) in [7, 11) is 0. The quantitative estimate of drug-likeness (QED) is 0.176. The van der Waals surface area contributed by atoms with Crippen molar-refractivity contribution >= 4 is 65.6 Å². The number of fused-ring (bicyclic) bond motifs is 9. The molecular weight excluding hydrogens is 719 g/mol. The Morgan fingerprint density at radius 1 is 0.356 bits per heavy atom. The van der Waals surface area contributed by atoms with Gasteiger partial charge < -0.3 is 13.6 Å². The highest BCUT2D eigenvalue weighted by Gasteiger charge is 2.18. The Labute approximate surface area is 339 Å². The number of nitrogens with zero attached hydrogens (tertiary/aromatic N) is 3. The van der Waals surface area contributed by atoms with E-state index in [1.54, 1.807) is 0 Å². The second kappa shape index (κ2) is 13.0. The largest absolute Gasteiger partial charge is 0.455 e. The molecule has 3 aromatic heterocycles. The molecule has 0 saturated carbocycles. The minimum atomic E-state index is 0.627. The number of benzene rings is 9. The van der Waals surface area contributed by atoms with E-state index in [0.29, 0.717) is 5.56 Å². The fourth-order valence-electron chi connectivity index (χ4n) is 9.22. The Balaban J connectivity index is 1.02. The zero-order valence-electron chi connectivity index (χ0n) is 31.8. The van der Waals surface area contributed by atoms with Crippen molar-refractivity contribution in [1.29, 1.82) is 5.26 Å². The first-order chi connectivity index (χ1) is 29.2. The second-order valence-corrected chi connectivity index (χ2v) is 15.2. The molecule has 12 rings (SSSR count). The lowest BCUT2D eigenvalue weighted by atomic mass is 9.96. The third-order valence-corrected chi connectivity index (χ3v) is 11.9. The normalized spacial score (nSPS) is 11.7. The van der Waals surface area contributed by atoms with Gasteiger partial charge in [0.2, 0.25) is 0 Å². The molecule has 59 heavy (non-hydrogen) atoms. The third kappa shape index (κ3) is 5.16. The number of nitriles is 1. The Kier molecular flexibility index (Phi) is 7.26. The minimum absolute atomic E-state index is 0.627. The predicted octanol–water partition coefficient (Wildman–Crippen LogP) is 14.7. The van der Waals surface area contributed by atoms with Crippen molar-refractivity contribution in [1.82, 2.24) is 9.13 Å². The van der Waals surface area contributed by atoms with Crippen LogP contribution >= 0.6 is 0 Å². The van der Waals surface area contributed by atoms with E-state index < -0.39 is 0 Å². The van der Waals surface area contributed by atoms with Crippen molar-refractivity contribution < 1.29 is 4.42 Å². The molecule has 0 aliphatic heterocycles. The Bertz CT molecular complexity index is 3690. The van der Waals surface area contributed by atoms with Gasteiger partial charge in [0.05, 0.1) is 33.7 Å². The molecule has 0 unspecified atom stereocenters. The highest BCUT2D eigenvalue weighted by atomic mass is 16.3. The summed E-state index contributed by atoms with van der Waals surface area (Å²) in [5.74, 6) is 0. The second-order valence-electron chi connectivity index (χ2n) is 15.2. The van der Waals surface area contributed by atoms with Gasteiger partial charge in [-0.25, -0.2) is 0 Å². The minimum Gasteiger partial charge on any atom is -0.455 e. The van der Waals surface area contributed by atoms with Gasteiger partial charge >= 0.3 is 0 Å². The number of hydrogen-bond acceptors (Lipinski definition) is 2. The van der Waals surface area contributed by atoms with E-state index in [1.807, 2.05) is 30.3 Å². The van der Waals surface area contributed by atoms with Crippen molar-refractivity contribution in [2.24, 2.45) is 0 Å². The Morgan fingerprint density at radius 2 is 0.881 bits per heavy atom. The smallest absolute Gasteiger partial charge is 0.143 e. The number of hydrogen-bond donors (Lipinski definition) is 0. The van der Waals surface area contributed by atoms with Crippen LogP contribution in [0.2, 0.25) is 0 Å². The maximum absolute atomic E-state index is 9.83. The van der Waals surface area contributed by atoms with Gasteiger partial charge in [-0.05, 0) is 113 Å². The maximum atomic E-state index is 9.83. The molecule has 12 aromatic rings. The molecule has 4 nitrogen and oxygen atoms in total. The molecule has 0 aliphatic carbocycles. The average molecular weight is 752 g/mol. The van der Waals surface area contributed by atoms with Gasteiger partial charge in [-0.1, -0.05) is 115 Å². The first-order valence-electron chi connectivity index (χ1n) is 19.9. The van der Waals surface area contributed by atoms with Gasteiger partial charge in [0, 0.05) is 49.3 Å². The van der Waals surface area contributed by atoms with Gasteiger partial charge in [-0.15, -0.1) is 0 Å². The van der Waals surface area contributed by atoms with Crippen LogP contribution in [0.3, 0.4) is 0 Å². The van der Waals surface area contributed by atoms with Crippen molar-refractivity contribution in [3.05, 3.63) is 206 Å². The van der Waals surface area contributed by atoms with Gasteiger partial charge in [0.25, 0.3) is 0 Å². The number of aromatic nitrogens is 2. The van der Waals surface area contributed by atoms with Crippen LogP contribution in [-0.4, -0.2) is 9.13 Å². The number of para-hydroxylation sites is 4. The van der Waals surface area contributed by atoms with Crippen LogP contribution in [0, 0.1) is 11.3 Å². The highest BCUT2D eigenvalue weighted by Crippen LogP contribution is 2.41. The molecule has 4 heteroatoms. The molecule has 0 aliphatic rings. The van der Waals surface area contributed by atoms with Crippen LogP contribution < -0.4 is 0 Å². The summed E-state index contributed by atoms with van der Waals surface area (Å²) in [4.78, 5) is 0. The van der Waals surface area contributed by atoms with Gasteiger partial charge in [-0.2, -0.15) is 5.26 Å². The third-order valence-electron chi connectivity index (χ3n) is 11.9. The van der Waals surface area contributed by atoms with E-state index >= 15 is 0 Å². The van der Waals surface area contributed by atoms with Crippen LogP contribution in [0.15, 0.2) is 205 Å². The van der Waals surface area contributed by atoms with Gasteiger partial charge in [0.1, 0.15) is 11.2 Å². The molecule has 0 radical (unpaired) electrons. The summed E-state index contributed by atoms with van der Waals surface area (Å²) in [5.41, 5.74) is 15.8. The first kappa shape index (κ1) is 33.1. The van der Waals surface area contributed by atoms with Crippen molar-refractivity contribution in [2.45, 2.75) is 0 Å². The lowest BCUT2D eigenvalue weighted by Gasteiger charge is -2.10. The average Bonchev–Trinajstić information content (AvgIpc) is 3.96. The SMILES string of the molecule is N#Cc1cccc(-n2c3ccc(-c4cccc(-c5ccc6c(c5)c5ccccc5n6-c5ccccc5)c4)cc3c3cc(-c4cccc5c4oc4ccccc45)ccc32)c1. The lowest BCUT2D eigenvalue weighted by Crippen LogP contribution is -1.94. The maximum Gasteiger partial charge on any atom is 0.143 e. The van der Waals surface area contributed by atoms with Gasteiger partial charge in [-0.3, -0.25) is 0 Å². The predicted molar refractivity (Wildman–Crippen MR) is 243 cm³/mol. The molecule has 0 amide bonds. The van der Waals surface area contributed by atoms with Crippen LogP contribution in [0.4, 0.5) is 0 Å². The molecular formula is C55H33N3O. The molecule has 0 fully saturated rings. The van der Waals surface area contributed by atoms with Crippen LogP contribution in [0.5, 0.6) is 0 Å². The molecule has 274 valence electrons. The standard InChI is InChI=1S/C55H33N3O/c56-34-35-11-8-16-42(29-35)58-52-27-24-39(32-48(52)49-33-40(25-28-53(49)58)43-19-10-20-46-45-18-5-7-22-54(45)59-55(43)46)37-13-9-12-36(30-37)38-23-26-51-47(31-38)44-17-4-6-21-50(44)57(51)41-14-2-1-3-15-41/h1-33H. The van der Waals surface area contributed by atoms with Gasteiger partial charge in [0.15, 0.2) is 0 Å². The first-order valence-corrected chi connectivity index (χ1v) is 19.9. The Hall–Kier alpha value is -8.13. The summed E-state index contributed by atoms with van der Waals surface area (Å²) in [6.45, 7) is 0. The molecule has 3 heterocycles. The molecule has 0 N–H and O–H groups in total. The summed E-state index contributed by atoms with van der Waals surface area (Å²) in [6, 6.07) is 73.3. The molecule has 0 saturated heterocycles. The highest BCUT2D eigenvalue weighted by molar-refractivity contribution is 6.14. The van der Waals surface area contributed by atoms with Crippen LogP contribution in [-0.2, 0) is 0 Å². The van der Waals surface area contributed by atoms with Crippen LogP contribution in [0.25, 0.3) is 110 Å². The van der Waals surface area contributed by atoms with E-state index in [9.17, 15) is 5.26 Å². The summed E-state index contributed by atoms with van der Waals surface area (Å²) >= 11 is 0. The summed E-state index contributed by atoms with van der Waals surface area (Å²) in [6.07, 6.45) is 0. The number of rotatable bonds is 5. The molecule has 0 spiro atoms. The summed E-state index contributed by atoms with van der Waals surface area (Å²) < 4.78 is 11.1. The number of furan rings is 1. The van der Waals surface area contributed by atoms with Crippen molar-refractivity contribution in [3.63, 3.8) is 0 Å². The van der Waals surface area contributed by atoms with E-state index in [0.717, 1.165) is 82.9 Å². The fourth-order valence-corrected chi connectivity index (χ4v) is 9.22. The zero-order valence-corrected chi connectivity index (χ0v) is 31.8. The van der Waals surface area contributed by atoms with Crippen molar-refractivity contribution in [2.75, 3.05) is 0 Å². The van der Waals surface area contributed by atoms with E-state index in [4.69, 9.17) is 4.42 Å².